The summed E-state index contributed by atoms with van der Waals surface area (Å²) in [5, 5.41) is 5.32. The van der Waals surface area contributed by atoms with E-state index < -0.39 is 21.8 Å². The number of nitrogens with one attached hydrogen (secondary N) is 2. The Morgan fingerprint density at radius 1 is 0.968 bits per heavy atom. The van der Waals surface area contributed by atoms with E-state index in [4.69, 9.17) is 0 Å². The van der Waals surface area contributed by atoms with Crippen molar-refractivity contribution in [3.63, 3.8) is 0 Å². The van der Waals surface area contributed by atoms with Crippen molar-refractivity contribution in [2.24, 2.45) is 0 Å². The van der Waals surface area contributed by atoms with Crippen molar-refractivity contribution in [2.45, 2.75) is 68.7 Å². The van der Waals surface area contributed by atoms with Crippen LogP contribution in [0.15, 0.2) is 46.9 Å². The maximum atomic E-state index is 13.0. The van der Waals surface area contributed by atoms with E-state index in [1.807, 2.05) is 0 Å². The van der Waals surface area contributed by atoms with Crippen LogP contribution in [0.25, 0.3) is 0 Å². The van der Waals surface area contributed by atoms with Crippen LogP contribution in [0.4, 0.5) is 0 Å². The van der Waals surface area contributed by atoms with Gasteiger partial charge in [-0.05, 0) is 63.5 Å². The molecule has 8 heteroatoms. The number of carbonyl (C=O) groups is 2. The van der Waals surface area contributed by atoms with Gasteiger partial charge in [0.2, 0.25) is 10.0 Å². The smallest absolute Gasteiger partial charge is 0.309 e. The number of rotatable bonds is 8. The first-order valence-corrected chi connectivity index (χ1v) is 12.7. The molecule has 0 unspecified atom stereocenters. The lowest BCUT2D eigenvalue weighted by atomic mass is 9.97. The molecule has 1 aromatic carbocycles. The van der Waals surface area contributed by atoms with E-state index in [1.54, 1.807) is 34.6 Å². The molecule has 7 nitrogen and oxygen atoms in total. The Hall–Kier alpha value is -2.19. The lowest BCUT2D eigenvalue weighted by Gasteiger charge is -2.34. The fourth-order valence-electron chi connectivity index (χ4n) is 4.29. The molecule has 1 aromatic rings. The average molecular weight is 448 g/mol. The van der Waals surface area contributed by atoms with Crippen molar-refractivity contribution < 1.29 is 18.0 Å². The van der Waals surface area contributed by atoms with Crippen molar-refractivity contribution in [1.29, 1.82) is 0 Å². The zero-order valence-electron chi connectivity index (χ0n) is 18.0. The molecule has 0 saturated carbocycles. The molecule has 3 rings (SSSR count). The molecule has 1 saturated heterocycles. The van der Waals surface area contributed by atoms with E-state index in [9.17, 15) is 18.0 Å². The summed E-state index contributed by atoms with van der Waals surface area (Å²) < 4.78 is 27.6. The lowest BCUT2D eigenvalue weighted by Crippen LogP contribution is -2.46. The van der Waals surface area contributed by atoms with Crippen molar-refractivity contribution in [1.82, 2.24) is 14.9 Å². The number of piperidine rings is 1. The molecule has 0 bridgehead atoms. The number of sulfonamides is 1. The summed E-state index contributed by atoms with van der Waals surface area (Å²) >= 11 is 0. The third-order valence-corrected chi connectivity index (χ3v) is 7.98. The summed E-state index contributed by atoms with van der Waals surface area (Å²) in [6.45, 7) is 1.21. The van der Waals surface area contributed by atoms with Crippen molar-refractivity contribution in [2.75, 3.05) is 19.6 Å². The van der Waals surface area contributed by atoms with E-state index in [2.05, 4.69) is 16.7 Å². The summed E-state index contributed by atoms with van der Waals surface area (Å²) in [6.07, 6.45) is 10.6. The second-order valence-corrected chi connectivity index (χ2v) is 10.1. The Kier molecular flexibility index (Phi) is 8.66. The highest BCUT2D eigenvalue weighted by Crippen LogP contribution is 2.26. The van der Waals surface area contributed by atoms with Crippen LogP contribution in [0.1, 0.15) is 57.8 Å². The van der Waals surface area contributed by atoms with E-state index in [1.165, 1.54) is 18.4 Å². The van der Waals surface area contributed by atoms with Gasteiger partial charge in [0.25, 0.3) is 0 Å². The fourth-order valence-corrected chi connectivity index (χ4v) is 6.03. The first-order valence-electron chi connectivity index (χ1n) is 11.3. The van der Waals surface area contributed by atoms with Crippen LogP contribution < -0.4 is 10.6 Å². The molecule has 2 N–H and O–H groups in total. The van der Waals surface area contributed by atoms with Gasteiger partial charge in [-0.15, -0.1) is 0 Å². The molecule has 1 aliphatic heterocycles. The minimum atomic E-state index is -3.56. The second kappa shape index (κ2) is 11.4. The lowest BCUT2D eigenvalue weighted by molar-refractivity contribution is -0.139. The quantitative estimate of drug-likeness (QED) is 0.473. The van der Waals surface area contributed by atoms with Gasteiger partial charge in [0.05, 0.1) is 4.90 Å². The van der Waals surface area contributed by atoms with Crippen LogP contribution in [0.3, 0.4) is 0 Å². The van der Waals surface area contributed by atoms with E-state index in [0.29, 0.717) is 24.4 Å². The molecular weight excluding hydrogens is 414 g/mol. The Morgan fingerprint density at radius 3 is 2.42 bits per heavy atom. The molecule has 31 heavy (non-hydrogen) atoms. The maximum Gasteiger partial charge on any atom is 0.309 e. The maximum absolute atomic E-state index is 13.0. The van der Waals surface area contributed by atoms with Crippen LogP contribution in [-0.2, 0) is 19.6 Å². The molecule has 170 valence electrons. The Bertz CT molecular complexity index is 883. The summed E-state index contributed by atoms with van der Waals surface area (Å²) in [5.41, 5.74) is 1.35. The number of hydrogen-bond donors (Lipinski definition) is 2. The second-order valence-electron chi connectivity index (χ2n) is 8.24. The van der Waals surface area contributed by atoms with Gasteiger partial charge in [-0.3, -0.25) is 9.59 Å². The molecule has 1 fully saturated rings. The third-order valence-electron chi connectivity index (χ3n) is 6.01. The monoisotopic (exact) mass is 447 g/mol. The highest BCUT2D eigenvalue weighted by atomic mass is 32.2. The standard InChI is InChI=1S/C23H33N3O4S/c27-22(24-16-14-19-9-3-1-4-10-19)23(28)25-17-15-20-11-7-8-18-26(20)31(29,30)21-12-5-2-6-13-21/h2,5-6,9,12-13,20H,1,3-4,7-8,10-11,14-18H2,(H,24,27)(H,25,28)/t20-/m1/s1. The van der Waals surface area contributed by atoms with Gasteiger partial charge in [-0.2, -0.15) is 4.31 Å². The number of allylic oxidation sites excluding steroid dienone is 1. The van der Waals surface area contributed by atoms with Gasteiger partial charge < -0.3 is 10.6 Å². The van der Waals surface area contributed by atoms with Gasteiger partial charge >= 0.3 is 11.8 Å². The van der Waals surface area contributed by atoms with Crippen molar-refractivity contribution >= 4 is 21.8 Å². The van der Waals surface area contributed by atoms with Crippen LogP contribution in [0, 0.1) is 0 Å². The van der Waals surface area contributed by atoms with Gasteiger partial charge in [-0.1, -0.05) is 36.3 Å². The molecule has 0 radical (unpaired) electrons. The van der Waals surface area contributed by atoms with Crippen molar-refractivity contribution in [3.05, 3.63) is 42.0 Å². The molecule has 0 spiro atoms. The number of amides is 2. The molecule has 1 atom stereocenters. The molecule has 0 aromatic heterocycles. The number of nitrogens with zero attached hydrogens (tertiary/aromatic N) is 1. The normalized spacial score (nSPS) is 20.0. The summed E-state index contributed by atoms with van der Waals surface area (Å²) in [6, 6.07) is 8.26. The van der Waals surface area contributed by atoms with Gasteiger partial charge in [0.1, 0.15) is 0 Å². The number of carbonyl (C=O) groups excluding carboxylic acids is 2. The predicted molar refractivity (Wildman–Crippen MR) is 120 cm³/mol. The van der Waals surface area contributed by atoms with Crippen LogP contribution in [0.5, 0.6) is 0 Å². The molecular formula is C23H33N3O4S. The molecule has 1 aliphatic carbocycles. The topological polar surface area (TPSA) is 95.6 Å². The van der Waals surface area contributed by atoms with Crippen molar-refractivity contribution in [3.8, 4) is 0 Å². The first kappa shape index (κ1) is 23.5. The zero-order chi connectivity index (χ0) is 22.1. The highest BCUT2D eigenvalue weighted by molar-refractivity contribution is 7.89. The first-order chi connectivity index (χ1) is 15.0. The van der Waals surface area contributed by atoms with E-state index in [0.717, 1.165) is 38.5 Å². The number of benzene rings is 1. The average Bonchev–Trinajstić information content (AvgIpc) is 2.80. The SMILES string of the molecule is O=C(NCCC1=CCCCC1)C(=O)NCC[C@H]1CCCCN1S(=O)(=O)c1ccccc1. The van der Waals surface area contributed by atoms with Gasteiger partial charge in [0, 0.05) is 25.7 Å². The Morgan fingerprint density at radius 2 is 1.71 bits per heavy atom. The minimum Gasteiger partial charge on any atom is -0.348 e. The molecule has 2 amide bonds. The Balaban J connectivity index is 1.45. The predicted octanol–water partition coefficient (Wildman–Crippen LogP) is 2.74. The van der Waals surface area contributed by atoms with Crippen LogP contribution in [0.2, 0.25) is 0 Å². The minimum absolute atomic E-state index is 0.180. The molecule has 1 heterocycles. The largest absolute Gasteiger partial charge is 0.348 e. The van der Waals surface area contributed by atoms with Crippen LogP contribution in [-0.4, -0.2) is 50.2 Å². The summed E-state index contributed by atoms with van der Waals surface area (Å²) in [7, 11) is -3.56. The highest BCUT2D eigenvalue weighted by Gasteiger charge is 2.33. The van der Waals surface area contributed by atoms with Crippen LogP contribution >= 0.6 is 0 Å². The third kappa shape index (κ3) is 6.64. The van der Waals surface area contributed by atoms with E-state index >= 15 is 0 Å². The number of hydrogen-bond acceptors (Lipinski definition) is 4. The molecule has 2 aliphatic rings. The summed E-state index contributed by atoms with van der Waals surface area (Å²) in [4.78, 5) is 24.4. The zero-order valence-corrected chi connectivity index (χ0v) is 18.8. The Labute approximate surface area is 185 Å². The van der Waals surface area contributed by atoms with Gasteiger partial charge in [-0.25, -0.2) is 8.42 Å². The fraction of sp³-hybridized carbons (Fsp3) is 0.565. The van der Waals surface area contributed by atoms with E-state index in [-0.39, 0.29) is 12.6 Å². The summed E-state index contributed by atoms with van der Waals surface area (Å²) in [5.74, 6) is -1.29. The van der Waals surface area contributed by atoms with Gasteiger partial charge in [0.15, 0.2) is 0 Å².